The smallest absolute Gasteiger partial charge is 0.383 e. The van der Waals surface area contributed by atoms with E-state index in [0.29, 0.717) is 19.7 Å². The lowest BCUT2D eigenvalue weighted by molar-refractivity contribution is -0.137. The topological polar surface area (TPSA) is 58.6 Å². The van der Waals surface area contributed by atoms with Crippen LogP contribution >= 0.6 is 11.6 Å². The van der Waals surface area contributed by atoms with Crippen molar-refractivity contribution < 1.29 is 27.5 Å². The zero-order valence-electron chi connectivity index (χ0n) is 13.5. The Labute approximate surface area is 148 Å². The van der Waals surface area contributed by atoms with E-state index in [4.69, 9.17) is 16.3 Å². The van der Waals surface area contributed by atoms with Crippen molar-refractivity contribution in [2.24, 2.45) is 5.92 Å². The predicted molar refractivity (Wildman–Crippen MR) is 85.4 cm³/mol. The number of ether oxygens (including phenoxy) is 1. The van der Waals surface area contributed by atoms with Gasteiger partial charge < -0.3 is 15.0 Å². The minimum absolute atomic E-state index is 0.0339. The number of carbonyl (C=O) groups is 2. The first kappa shape index (κ1) is 19.5. The van der Waals surface area contributed by atoms with E-state index in [2.05, 4.69) is 5.32 Å². The van der Waals surface area contributed by atoms with E-state index in [1.54, 1.807) is 4.90 Å². The fraction of sp³-hybridized carbons (Fsp3) is 0.500. The van der Waals surface area contributed by atoms with Crippen molar-refractivity contribution in [1.29, 1.82) is 0 Å². The lowest BCUT2D eigenvalue weighted by Gasteiger charge is -2.16. The van der Waals surface area contributed by atoms with E-state index >= 15 is 0 Å². The Morgan fingerprint density at radius 2 is 2.16 bits per heavy atom. The summed E-state index contributed by atoms with van der Waals surface area (Å²) in [5.74, 6) is -0.829. The zero-order chi connectivity index (χ0) is 18.6. The van der Waals surface area contributed by atoms with Crippen LogP contribution in [-0.4, -0.2) is 50.1 Å². The highest BCUT2D eigenvalue weighted by molar-refractivity contribution is 6.33. The molecule has 2 amide bonds. The molecule has 1 aliphatic heterocycles. The summed E-state index contributed by atoms with van der Waals surface area (Å²) < 4.78 is 43.2. The molecule has 0 aromatic heterocycles. The molecule has 9 heteroatoms. The molecule has 0 radical (unpaired) electrons. The van der Waals surface area contributed by atoms with Crippen LogP contribution in [0.15, 0.2) is 18.2 Å². The minimum atomic E-state index is -4.56. The average molecular weight is 379 g/mol. The van der Waals surface area contributed by atoms with Crippen molar-refractivity contribution in [1.82, 2.24) is 10.2 Å². The molecule has 25 heavy (non-hydrogen) atoms. The number of hydrogen-bond acceptors (Lipinski definition) is 3. The van der Waals surface area contributed by atoms with Gasteiger partial charge in [-0.25, -0.2) is 0 Å². The monoisotopic (exact) mass is 378 g/mol. The first-order chi connectivity index (χ1) is 11.7. The Balaban J connectivity index is 1.96. The van der Waals surface area contributed by atoms with Crippen LogP contribution in [0.4, 0.5) is 13.2 Å². The van der Waals surface area contributed by atoms with Crippen molar-refractivity contribution in [2.75, 3.05) is 33.4 Å². The van der Waals surface area contributed by atoms with Gasteiger partial charge in [-0.15, -0.1) is 0 Å². The summed E-state index contributed by atoms with van der Waals surface area (Å²) in [6, 6.07) is 2.59. The van der Waals surface area contributed by atoms with Crippen LogP contribution in [-0.2, 0) is 15.7 Å². The maximum absolute atomic E-state index is 12.8. The average Bonchev–Trinajstić information content (AvgIpc) is 2.90. The second-order valence-corrected chi connectivity index (χ2v) is 6.21. The number of halogens is 4. The molecule has 1 unspecified atom stereocenters. The van der Waals surface area contributed by atoms with E-state index < -0.39 is 17.6 Å². The Morgan fingerprint density at radius 1 is 1.44 bits per heavy atom. The lowest BCUT2D eigenvalue weighted by Crippen LogP contribution is -2.32. The van der Waals surface area contributed by atoms with Crippen molar-refractivity contribution in [3.8, 4) is 0 Å². The molecule has 0 aliphatic carbocycles. The van der Waals surface area contributed by atoms with Crippen molar-refractivity contribution in [2.45, 2.75) is 12.6 Å². The van der Waals surface area contributed by atoms with Gasteiger partial charge in [0.25, 0.3) is 5.91 Å². The van der Waals surface area contributed by atoms with E-state index in [9.17, 15) is 22.8 Å². The molecule has 1 aromatic carbocycles. The fourth-order valence-electron chi connectivity index (χ4n) is 2.62. The number of nitrogens with one attached hydrogen (secondary N) is 1. The number of amides is 2. The summed E-state index contributed by atoms with van der Waals surface area (Å²) in [5.41, 5.74) is -1.18. The fourth-order valence-corrected chi connectivity index (χ4v) is 2.82. The highest BCUT2D eigenvalue weighted by Gasteiger charge is 2.32. The summed E-state index contributed by atoms with van der Waals surface area (Å²) in [4.78, 5) is 25.6. The third-order valence-corrected chi connectivity index (χ3v) is 4.28. The number of benzene rings is 1. The highest BCUT2D eigenvalue weighted by atomic mass is 35.5. The summed E-state index contributed by atoms with van der Waals surface area (Å²) >= 11 is 5.84. The van der Waals surface area contributed by atoms with E-state index in [1.807, 2.05) is 0 Å². The predicted octanol–water partition coefficient (Wildman–Crippen LogP) is 2.58. The molecule has 138 valence electrons. The third-order valence-electron chi connectivity index (χ3n) is 3.95. The number of nitrogens with zero attached hydrogens (tertiary/aromatic N) is 1. The molecule has 1 aromatic rings. The molecule has 5 nitrogen and oxygen atoms in total. The molecular formula is C16H18ClF3N2O3. The van der Waals surface area contributed by atoms with Gasteiger partial charge in [0, 0.05) is 39.1 Å². The summed E-state index contributed by atoms with van der Waals surface area (Å²) in [6.45, 7) is 1.54. The molecule has 0 bridgehead atoms. The van der Waals surface area contributed by atoms with Crippen molar-refractivity contribution in [3.05, 3.63) is 34.3 Å². The van der Waals surface area contributed by atoms with E-state index in [0.717, 1.165) is 18.2 Å². The molecule has 1 fully saturated rings. The second kappa shape index (κ2) is 8.05. The number of hydrogen-bond donors (Lipinski definition) is 1. The Morgan fingerprint density at radius 3 is 2.80 bits per heavy atom. The van der Waals surface area contributed by atoms with Gasteiger partial charge in [0.1, 0.15) is 0 Å². The van der Waals surface area contributed by atoms with Crippen LogP contribution < -0.4 is 5.32 Å². The molecule has 1 saturated heterocycles. The molecular weight excluding hydrogens is 361 g/mol. The van der Waals surface area contributed by atoms with Gasteiger partial charge in [-0.3, -0.25) is 9.59 Å². The van der Waals surface area contributed by atoms with Gasteiger partial charge in [0.2, 0.25) is 5.91 Å². The van der Waals surface area contributed by atoms with Gasteiger partial charge in [-0.1, -0.05) is 11.6 Å². The molecule has 0 saturated carbocycles. The minimum Gasteiger partial charge on any atom is -0.383 e. The number of carbonyl (C=O) groups excluding carboxylic acids is 2. The quantitative estimate of drug-likeness (QED) is 0.827. The molecule has 1 aliphatic rings. The van der Waals surface area contributed by atoms with Crippen LogP contribution in [0.5, 0.6) is 0 Å². The first-order valence-electron chi connectivity index (χ1n) is 7.64. The summed E-state index contributed by atoms with van der Waals surface area (Å²) in [5, 5.41) is 2.50. The SMILES string of the molecule is COCCN1CC(CNC(=O)c2cc(C(F)(F)F)ccc2Cl)CC1=O. The van der Waals surface area contributed by atoms with Crippen LogP contribution in [0.1, 0.15) is 22.3 Å². The standard InChI is InChI=1S/C16H18ClF3N2O3/c1-25-5-4-22-9-10(6-14(22)23)8-21-15(24)12-7-11(16(18,19)20)2-3-13(12)17/h2-3,7,10H,4-6,8-9H2,1H3,(H,21,24). The lowest BCUT2D eigenvalue weighted by atomic mass is 10.1. The Bertz CT molecular complexity index is 652. The van der Waals surface area contributed by atoms with Crippen molar-refractivity contribution >= 4 is 23.4 Å². The highest BCUT2D eigenvalue weighted by Crippen LogP contribution is 2.31. The summed E-state index contributed by atoms with van der Waals surface area (Å²) in [6.07, 6.45) is -4.28. The third kappa shape index (κ3) is 5.09. The Hall–Kier alpha value is -1.80. The number of likely N-dealkylation sites (tertiary alicyclic amines) is 1. The van der Waals surface area contributed by atoms with Gasteiger partial charge in [0.05, 0.1) is 22.8 Å². The number of methoxy groups -OCH3 is 1. The zero-order valence-corrected chi connectivity index (χ0v) is 14.3. The van der Waals surface area contributed by atoms with Gasteiger partial charge >= 0.3 is 6.18 Å². The number of rotatable bonds is 6. The van der Waals surface area contributed by atoms with Gasteiger partial charge in [-0.05, 0) is 18.2 Å². The van der Waals surface area contributed by atoms with Gasteiger partial charge in [0.15, 0.2) is 0 Å². The second-order valence-electron chi connectivity index (χ2n) is 5.81. The van der Waals surface area contributed by atoms with Crippen molar-refractivity contribution in [3.63, 3.8) is 0 Å². The maximum atomic E-state index is 12.8. The normalized spacial score (nSPS) is 17.9. The van der Waals surface area contributed by atoms with Crippen LogP contribution in [0.2, 0.25) is 5.02 Å². The molecule has 1 atom stereocenters. The first-order valence-corrected chi connectivity index (χ1v) is 8.02. The molecule has 2 rings (SSSR count). The molecule has 1 N–H and O–H groups in total. The molecule has 0 spiro atoms. The summed E-state index contributed by atoms with van der Waals surface area (Å²) in [7, 11) is 1.54. The van der Waals surface area contributed by atoms with Crippen LogP contribution in [0.25, 0.3) is 0 Å². The van der Waals surface area contributed by atoms with E-state index in [1.165, 1.54) is 7.11 Å². The van der Waals surface area contributed by atoms with Crippen LogP contribution in [0.3, 0.4) is 0 Å². The maximum Gasteiger partial charge on any atom is 0.416 e. The van der Waals surface area contributed by atoms with Gasteiger partial charge in [-0.2, -0.15) is 13.2 Å². The number of alkyl halides is 3. The largest absolute Gasteiger partial charge is 0.416 e. The van der Waals surface area contributed by atoms with Crippen LogP contribution in [0, 0.1) is 5.92 Å². The van der Waals surface area contributed by atoms with E-state index in [-0.39, 0.29) is 35.4 Å². The Kier molecular flexibility index (Phi) is 6.29. The molecule has 1 heterocycles.